The molecule has 3 N–H and O–H groups in total. The van der Waals surface area contributed by atoms with Gasteiger partial charge in [-0.1, -0.05) is 6.92 Å². The molecule has 16 heavy (non-hydrogen) atoms. The second kappa shape index (κ2) is 5.89. The van der Waals surface area contributed by atoms with Gasteiger partial charge in [0.15, 0.2) is 0 Å². The molecule has 0 saturated heterocycles. The summed E-state index contributed by atoms with van der Waals surface area (Å²) in [6, 6.07) is 0. The highest BCUT2D eigenvalue weighted by atomic mass is 16.2. The van der Waals surface area contributed by atoms with Gasteiger partial charge < -0.3 is 16.0 Å². The van der Waals surface area contributed by atoms with Gasteiger partial charge >= 0.3 is 0 Å². The monoisotopic (exact) mass is 223 g/mol. The number of carbonyl (C=O) groups excluding carboxylic acids is 1. The first kappa shape index (κ1) is 12.2. The molecule has 88 valence electrons. The number of rotatable bonds is 5. The molecule has 0 unspecified atom stereocenters. The molecule has 0 fully saturated rings. The van der Waals surface area contributed by atoms with E-state index in [1.54, 1.807) is 18.1 Å². The van der Waals surface area contributed by atoms with Crippen molar-refractivity contribution in [1.29, 1.82) is 0 Å². The van der Waals surface area contributed by atoms with E-state index in [9.17, 15) is 4.79 Å². The Bertz CT molecular complexity index is 355. The van der Waals surface area contributed by atoms with E-state index < -0.39 is 0 Å². The summed E-state index contributed by atoms with van der Waals surface area (Å²) in [6.45, 7) is 2.95. The Morgan fingerprint density at radius 2 is 2.31 bits per heavy atom. The highest BCUT2D eigenvalue weighted by Gasteiger charge is 2.08. The van der Waals surface area contributed by atoms with Crippen molar-refractivity contribution in [2.75, 3.05) is 30.8 Å². The Balaban J connectivity index is 2.52. The van der Waals surface area contributed by atoms with E-state index in [2.05, 4.69) is 15.3 Å². The SMILES string of the molecule is CCCNC(=O)CN(C)c1cncc(N)n1. The number of nitrogen functional groups attached to an aromatic ring is 1. The summed E-state index contributed by atoms with van der Waals surface area (Å²) in [5.41, 5.74) is 5.51. The molecule has 0 spiro atoms. The Kier molecular flexibility index (Phi) is 4.50. The van der Waals surface area contributed by atoms with Crippen LogP contribution in [0.4, 0.5) is 11.6 Å². The average molecular weight is 223 g/mol. The van der Waals surface area contributed by atoms with E-state index in [1.165, 1.54) is 6.20 Å². The number of nitrogens with zero attached hydrogens (tertiary/aromatic N) is 3. The van der Waals surface area contributed by atoms with Crippen LogP contribution in [0.3, 0.4) is 0 Å². The fraction of sp³-hybridized carbons (Fsp3) is 0.500. The van der Waals surface area contributed by atoms with Crippen LogP contribution >= 0.6 is 0 Å². The molecule has 0 radical (unpaired) electrons. The van der Waals surface area contributed by atoms with Gasteiger partial charge in [-0.15, -0.1) is 0 Å². The summed E-state index contributed by atoms with van der Waals surface area (Å²) in [4.78, 5) is 21.1. The van der Waals surface area contributed by atoms with Gasteiger partial charge in [-0.2, -0.15) is 0 Å². The molecule has 6 nitrogen and oxygen atoms in total. The molecule has 1 amide bonds. The molecule has 0 aliphatic heterocycles. The van der Waals surface area contributed by atoms with Gasteiger partial charge in [0.25, 0.3) is 0 Å². The molecular weight excluding hydrogens is 206 g/mol. The molecule has 1 heterocycles. The summed E-state index contributed by atoms with van der Waals surface area (Å²) in [5.74, 6) is 0.901. The first-order valence-electron chi connectivity index (χ1n) is 5.19. The molecule has 1 rings (SSSR count). The Hall–Kier alpha value is -1.85. The summed E-state index contributed by atoms with van der Waals surface area (Å²) >= 11 is 0. The normalized spacial score (nSPS) is 9.88. The van der Waals surface area contributed by atoms with Crippen molar-refractivity contribution >= 4 is 17.5 Å². The summed E-state index contributed by atoms with van der Waals surface area (Å²) in [7, 11) is 1.77. The van der Waals surface area contributed by atoms with Crippen molar-refractivity contribution in [2.45, 2.75) is 13.3 Å². The summed E-state index contributed by atoms with van der Waals surface area (Å²) in [5, 5.41) is 2.79. The van der Waals surface area contributed by atoms with Gasteiger partial charge in [-0.05, 0) is 6.42 Å². The number of anilines is 2. The second-order valence-electron chi connectivity index (χ2n) is 3.51. The molecule has 0 atom stereocenters. The summed E-state index contributed by atoms with van der Waals surface area (Å²) in [6.07, 6.45) is 3.96. The fourth-order valence-corrected chi connectivity index (χ4v) is 1.17. The van der Waals surface area contributed by atoms with Crippen LogP contribution in [0.25, 0.3) is 0 Å². The Labute approximate surface area is 94.9 Å². The Morgan fingerprint density at radius 1 is 1.56 bits per heavy atom. The molecular formula is C10H17N5O. The predicted octanol–water partition coefficient (Wildman–Crippen LogP) is 0.0212. The van der Waals surface area contributed by atoms with Crippen LogP contribution in [-0.2, 0) is 4.79 Å². The first-order valence-corrected chi connectivity index (χ1v) is 5.19. The van der Waals surface area contributed by atoms with Gasteiger partial charge in [0.05, 0.1) is 18.9 Å². The Morgan fingerprint density at radius 3 is 2.94 bits per heavy atom. The number of amides is 1. The number of carbonyl (C=O) groups is 1. The number of nitrogens with one attached hydrogen (secondary N) is 1. The predicted molar refractivity (Wildman–Crippen MR) is 63.0 cm³/mol. The van der Waals surface area contributed by atoms with E-state index in [0.717, 1.165) is 6.42 Å². The molecule has 0 aliphatic rings. The van der Waals surface area contributed by atoms with Gasteiger partial charge in [0.2, 0.25) is 5.91 Å². The number of aromatic nitrogens is 2. The number of hydrogen-bond acceptors (Lipinski definition) is 5. The lowest BCUT2D eigenvalue weighted by atomic mass is 10.4. The number of hydrogen-bond donors (Lipinski definition) is 2. The van der Waals surface area contributed by atoms with Crippen molar-refractivity contribution < 1.29 is 4.79 Å². The zero-order chi connectivity index (χ0) is 12.0. The third-order valence-corrected chi connectivity index (χ3v) is 1.98. The maximum absolute atomic E-state index is 11.4. The average Bonchev–Trinajstić information content (AvgIpc) is 2.26. The zero-order valence-corrected chi connectivity index (χ0v) is 9.60. The highest BCUT2D eigenvalue weighted by Crippen LogP contribution is 2.07. The van der Waals surface area contributed by atoms with E-state index >= 15 is 0 Å². The van der Waals surface area contributed by atoms with E-state index in [-0.39, 0.29) is 12.5 Å². The molecule has 0 aromatic carbocycles. The quantitative estimate of drug-likeness (QED) is 0.735. The minimum absolute atomic E-state index is 0.0337. The van der Waals surface area contributed by atoms with E-state index in [4.69, 9.17) is 5.73 Å². The molecule has 0 aliphatic carbocycles. The van der Waals surface area contributed by atoms with Crippen LogP contribution in [0.2, 0.25) is 0 Å². The molecule has 0 bridgehead atoms. The van der Waals surface area contributed by atoms with Crippen molar-refractivity contribution in [3.8, 4) is 0 Å². The standard InChI is InChI=1S/C10H17N5O/c1-3-4-13-10(16)7-15(2)9-6-12-5-8(11)14-9/h5-6H,3-4,7H2,1-2H3,(H2,11,14)(H,13,16). The van der Waals surface area contributed by atoms with Gasteiger partial charge in [0.1, 0.15) is 11.6 Å². The zero-order valence-electron chi connectivity index (χ0n) is 9.60. The van der Waals surface area contributed by atoms with Crippen molar-refractivity contribution in [3.63, 3.8) is 0 Å². The lowest BCUT2D eigenvalue weighted by molar-refractivity contribution is -0.119. The largest absolute Gasteiger partial charge is 0.382 e. The third-order valence-electron chi connectivity index (χ3n) is 1.98. The minimum Gasteiger partial charge on any atom is -0.382 e. The smallest absolute Gasteiger partial charge is 0.239 e. The van der Waals surface area contributed by atoms with Crippen LogP contribution in [0.1, 0.15) is 13.3 Å². The minimum atomic E-state index is -0.0337. The third kappa shape index (κ3) is 3.72. The number of likely N-dealkylation sites (N-methyl/N-ethyl adjacent to an activating group) is 1. The van der Waals surface area contributed by atoms with Crippen LogP contribution in [-0.4, -0.2) is 36.0 Å². The van der Waals surface area contributed by atoms with Gasteiger partial charge in [-0.3, -0.25) is 9.78 Å². The maximum Gasteiger partial charge on any atom is 0.239 e. The van der Waals surface area contributed by atoms with Gasteiger partial charge in [0, 0.05) is 13.6 Å². The maximum atomic E-state index is 11.4. The fourth-order valence-electron chi connectivity index (χ4n) is 1.17. The van der Waals surface area contributed by atoms with Gasteiger partial charge in [-0.25, -0.2) is 4.98 Å². The highest BCUT2D eigenvalue weighted by molar-refractivity contribution is 5.80. The van der Waals surface area contributed by atoms with Crippen molar-refractivity contribution in [2.24, 2.45) is 0 Å². The first-order chi connectivity index (χ1) is 7.63. The molecule has 0 saturated carbocycles. The topological polar surface area (TPSA) is 84.1 Å². The van der Waals surface area contributed by atoms with Crippen LogP contribution in [0, 0.1) is 0 Å². The molecule has 1 aromatic rings. The van der Waals surface area contributed by atoms with E-state index in [0.29, 0.717) is 18.2 Å². The van der Waals surface area contributed by atoms with Crippen molar-refractivity contribution in [3.05, 3.63) is 12.4 Å². The number of nitrogens with two attached hydrogens (primary N) is 1. The van der Waals surface area contributed by atoms with Crippen molar-refractivity contribution in [1.82, 2.24) is 15.3 Å². The molecule has 1 aromatic heterocycles. The molecule has 6 heteroatoms. The van der Waals surface area contributed by atoms with Crippen LogP contribution < -0.4 is 16.0 Å². The van der Waals surface area contributed by atoms with Crippen LogP contribution in [0.15, 0.2) is 12.4 Å². The van der Waals surface area contributed by atoms with Crippen LogP contribution in [0.5, 0.6) is 0 Å². The second-order valence-corrected chi connectivity index (χ2v) is 3.51. The lowest BCUT2D eigenvalue weighted by Gasteiger charge is -2.17. The summed E-state index contributed by atoms with van der Waals surface area (Å²) < 4.78 is 0. The van der Waals surface area contributed by atoms with E-state index in [1.807, 2.05) is 6.92 Å². The lowest BCUT2D eigenvalue weighted by Crippen LogP contribution is -2.35.